The zero-order chi connectivity index (χ0) is 15.1. The first-order chi connectivity index (χ1) is 10.2. The lowest BCUT2D eigenvalue weighted by Crippen LogP contribution is -2.42. The highest BCUT2D eigenvalue weighted by molar-refractivity contribution is 6.60. The van der Waals surface area contributed by atoms with Crippen LogP contribution in [0.3, 0.4) is 0 Å². The normalized spacial score (nSPS) is 12.0. The highest BCUT2D eigenvalue weighted by Crippen LogP contribution is 2.21. The summed E-state index contributed by atoms with van der Waals surface area (Å²) in [6, 6.07) is 9.31. The number of aromatic nitrogens is 1. The Balaban J connectivity index is 1.94. The van der Waals surface area contributed by atoms with Crippen molar-refractivity contribution in [1.29, 1.82) is 0 Å². The SMILES string of the molecule is CO[Si](CCCCc1cccc2ccncc12)(OC)OC. The van der Waals surface area contributed by atoms with Gasteiger partial charge in [-0.05, 0) is 36.3 Å². The number of pyridine rings is 1. The van der Waals surface area contributed by atoms with Crippen molar-refractivity contribution in [2.24, 2.45) is 0 Å². The predicted molar refractivity (Wildman–Crippen MR) is 86.3 cm³/mol. The van der Waals surface area contributed by atoms with Crippen LogP contribution in [-0.2, 0) is 19.7 Å². The molecule has 0 saturated carbocycles. The Kier molecular flexibility index (Phi) is 5.87. The van der Waals surface area contributed by atoms with Gasteiger partial charge in [-0.1, -0.05) is 18.2 Å². The Morgan fingerprint density at radius 2 is 1.76 bits per heavy atom. The molecule has 1 heterocycles. The summed E-state index contributed by atoms with van der Waals surface area (Å²) in [5.41, 5.74) is 1.35. The van der Waals surface area contributed by atoms with E-state index in [1.165, 1.54) is 16.3 Å². The molecule has 4 nitrogen and oxygen atoms in total. The maximum absolute atomic E-state index is 5.44. The summed E-state index contributed by atoms with van der Waals surface area (Å²) < 4.78 is 16.3. The molecular formula is C16H23NO3Si. The number of benzene rings is 1. The molecular weight excluding hydrogens is 282 g/mol. The van der Waals surface area contributed by atoms with Crippen LogP contribution in [0, 0.1) is 0 Å². The molecule has 114 valence electrons. The molecule has 0 unspecified atom stereocenters. The number of hydrogen-bond donors (Lipinski definition) is 0. The quantitative estimate of drug-likeness (QED) is 0.553. The largest absolute Gasteiger partial charge is 0.500 e. The molecule has 0 radical (unpaired) electrons. The van der Waals surface area contributed by atoms with Gasteiger partial charge in [-0.15, -0.1) is 0 Å². The molecule has 21 heavy (non-hydrogen) atoms. The van der Waals surface area contributed by atoms with E-state index in [-0.39, 0.29) is 0 Å². The molecule has 0 atom stereocenters. The van der Waals surface area contributed by atoms with Gasteiger partial charge in [0.2, 0.25) is 0 Å². The van der Waals surface area contributed by atoms with Crippen LogP contribution in [-0.4, -0.2) is 35.1 Å². The van der Waals surface area contributed by atoms with E-state index < -0.39 is 8.80 Å². The lowest BCUT2D eigenvalue weighted by atomic mass is 10.0. The van der Waals surface area contributed by atoms with Crippen LogP contribution in [0.5, 0.6) is 0 Å². The number of nitrogens with zero attached hydrogens (tertiary/aromatic N) is 1. The van der Waals surface area contributed by atoms with E-state index in [0.717, 1.165) is 25.3 Å². The van der Waals surface area contributed by atoms with Crippen molar-refractivity contribution in [2.45, 2.75) is 25.3 Å². The molecule has 0 aliphatic rings. The van der Waals surface area contributed by atoms with Gasteiger partial charge in [0.05, 0.1) is 0 Å². The maximum atomic E-state index is 5.44. The molecule has 1 aromatic heterocycles. The molecule has 0 bridgehead atoms. The minimum Gasteiger partial charge on any atom is -0.377 e. The van der Waals surface area contributed by atoms with Crippen LogP contribution in [0.15, 0.2) is 36.7 Å². The van der Waals surface area contributed by atoms with Crippen LogP contribution in [0.1, 0.15) is 18.4 Å². The third-order valence-electron chi connectivity index (χ3n) is 3.89. The second kappa shape index (κ2) is 7.65. The van der Waals surface area contributed by atoms with E-state index in [1.54, 1.807) is 21.3 Å². The van der Waals surface area contributed by atoms with Crippen molar-refractivity contribution < 1.29 is 13.3 Å². The molecule has 0 saturated heterocycles. The minimum absolute atomic E-state index is 0.847. The van der Waals surface area contributed by atoms with Gasteiger partial charge in [0, 0.05) is 45.2 Å². The average molecular weight is 305 g/mol. The Bertz CT molecular complexity index is 559. The van der Waals surface area contributed by atoms with E-state index in [2.05, 4.69) is 29.2 Å². The third kappa shape index (κ3) is 3.88. The molecule has 0 N–H and O–H groups in total. The number of unbranched alkanes of at least 4 members (excludes halogenated alkanes) is 1. The van der Waals surface area contributed by atoms with Gasteiger partial charge in [-0.25, -0.2) is 0 Å². The van der Waals surface area contributed by atoms with Gasteiger partial charge in [0.1, 0.15) is 0 Å². The molecule has 1 aromatic carbocycles. The monoisotopic (exact) mass is 305 g/mol. The topological polar surface area (TPSA) is 40.6 Å². The van der Waals surface area contributed by atoms with Gasteiger partial charge in [-0.2, -0.15) is 0 Å². The number of rotatable bonds is 8. The highest BCUT2D eigenvalue weighted by atomic mass is 28.4. The molecule has 0 amide bonds. The smallest absolute Gasteiger partial charge is 0.377 e. The van der Waals surface area contributed by atoms with Crippen molar-refractivity contribution in [3.8, 4) is 0 Å². The standard InChI is InChI=1S/C16H23NO3Si/c1-18-21(19-2,20-3)12-5-4-7-14-8-6-9-15-10-11-17-13-16(14)15/h6,8-11,13H,4-5,7,12H2,1-3H3. The number of hydrogen-bond acceptors (Lipinski definition) is 4. The van der Waals surface area contributed by atoms with Gasteiger partial charge in [-0.3, -0.25) is 4.98 Å². The number of aryl methyl sites for hydroxylation is 1. The van der Waals surface area contributed by atoms with Crippen molar-refractivity contribution in [1.82, 2.24) is 4.98 Å². The first-order valence-corrected chi connectivity index (χ1v) is 9.15. The molecule has 2 aromatic rings. The summed E-state index contributed by atoms with van der Waals surface area (Å²) in [7, 11) is 2.57. The molecule has 0 spiro atoms. The zero-order valence-corrected chi connectivity index (χ0v) is 14.0. The lowest BCUT2D eigenvalue weighted by molar-refractivity contribution is 0.123. The van der Waals surface area contributed by atoms with Crippen molar-refractivity contribution in [2.75, 3.05) is 21.3 Å². The molecule has 0 aliphatic heterocycles. The van der Waals surface area contributed by atoms with Gasteiger partial charge in [0.25, 0.3) is 0 Å². The zero-order valence-electron chi connectivity index (χ0n) is 13.0. The summed E-state index contributed by atoms with van der Waals surface area (Å²) in [6.45, 7) is 0. The lowest BCUT2D eigenvalue weighted by Gasteiger charge is -2.24. The van der Waals surface area contributed by atoms with Crippen molar-refractivity contribution in [3.05, 3.63) is 42.2 Å². The van der Waals surface area contributed by atoms with Gasteiger partial charge >= 0.3 is 8.80 Å². The fraction of sp³-hybridized carbons (Fsp3) is 0.438. The number of fused-ring (bicyclic) bond motifs is 1. The van der Waals surface area contributed by atoms with E-state index in [1.807, 2.05) is 12.4 Å². The Morgan fingerprint density at radius 3 is 2.48 bits per heavy atom. The summed E-state index contributed by atoms with van der Waals surface area (Å²) in [4.78, 5) is 4.23. The van der Waals surface area contributed by atoms with E-state index in [4.69, 9.17) is 13.3 Å². The second-order valence-corrected chi connectivity index (χ2v) is 8.11. The molecule has 0 fully saturated rings. The second-order valence-electron chi connectivity index (χ2n) is 5.02. The minimum atomic E-state index is -2.42. The van der Waals surface area contributed by atoms with E-state index in [9.17, 15) is 0 Å². The first-order valence-electron chi connectivity index (χ1n) is 7.22. The molecule has 2 rings (SSSR count). The molecule has 5 heteroatoms. The summed E-state index contributed by atoms with van der Waals surface area (Å²) >= 11 is 0. The third-order valence-corrected chi connectivity index (χ3v) is 6.72. The summed E-state index contributed by atoms with van der Waals surface area (Å²) in [5.74, 6) is 0. The van der Waals surface area contributed by atoms with Gasteiger partial charge < -0.3 is 13.3 Å². The van der Waals surface area contributed by atoms with Crippen molar-refractivity contribution in [3.63, 3.8) is 0 Å². The fourth-order valence-corrected chi connectivity index (χ4v) is 4.40. The summed E-state index contributed by atoms with van der Waals surface area (Å²) in [5, 5.41) is 2.49. The van der Waals surface area contributed by atoms with Gasteiger partial charge in [0.15, 0.2) is 0 Å². The average Bonchev–Trinajstić information content (AvgIpc) is 2.56. The highest BCUT2D eigenvalue weighted by Gasteiger charge is 2.36. The van der Waals surface area contributed by atoms with Crippen LogP contribution < -0.4 is 0 Å². The first kappa shape index (κ1) is 16.1. The van der Waals surface area contributed by atoms with E-state index >= 15 is 0 Å². The maximum Gasteiger partial charge on any atom is 0.500 e. The Hall–Kier alpha value is -1.27. The Morgan fingerprint density at radius 1 is 1.00 bits per heavy atom. The Labute approximate surface area is 127 Å². The van der Waals surface area contributed by atoms with Crippen LogP contribution in [0.2, 0.25) is 6.04 Å². The van der Waals surface area contributed by atoms with Crippen LogP contribution in [0.4, 0.5) is 0 Å². The van der Waals surface area contributed by atoms with Crippen molar-refractivity contribution >= 4 is 19.6 Å². The fourth-order valence-electron chi connectivity index (χ4n) is 2.61. The van der Waals surface area contributed by atoms with E-state index in [0.29, 0.717) is 0 Å². The summed E-state index contributed by atoms with van der Waals surface area (Å²) in [6.07, 6.45) is 6.92. The predicted octanol–water partition coefficient (Wildman–Crippen LogP) is 3.44. The molecule has 0 aliphatic carbocycles. The van der Waals surface area contributed by atoms with Crippen LogP contribution >= 0.6 is 0 Å². The van der Waals surface area contributed by atoms with Crippen LogP contribution in [0.25, 0.3) is 10.8 Å².